The van der Waals surface area contributed by atoms with E-state index in [4.69, 9.17) is 0 Å². The molecule has 104 valence electrons. The predicted octanol–water partition coefficient (Wildman–Crippen LogP) is 1.45. The molecule has 0 saturated carbocycles. The van der Waals surface area contributed by atoms with E-state index < -0.39 is 0 Å². The van der Waals surface area contributed by atoms with Gasteiger partial charge in [-0.15, -0.1) is 10.2 Å². The number of hydrogen-bond acceptors (Lipinski definition) is 7. The van der Waals surface area contributed by atoms with E-state index >= 15 is 0 Å². The molecule has 0 fully saturated rings. The largest absolute Gasteiger partial charge is 0.394 e. The third-order valence-electron chi connectivity index (χ3n) is 2.44. The molecule has 7 heteroatoms. The highest BCUT2D eigenvalue weighted by atomic mass is 32.2. The van der Waals surface area contributed by atoms with Gasteiger partial charge in [-0.3, -0.25) is 0 Å². The number of nitrogens with zero attached hydrogens (tertiary/aromatic N) is 3. The Morgan fingerprint density at radius 1 is 1.44 bits per heavy atom. The minimum absolute atomic E-state index is 0.124. The van der Waals surface area contributed by atoms with Crippen LogP contribution >= 0.6 is 23.1 Å². The minimum Gasteiger partial charge on any atom is -0.394 e. The molecule has 0 amide bonds. The van der Waals surface area contributed by atoms with E-state index in [2.05, 4.69) is 22.4 Å². The van der Waals surface area contributed by atoms with Gasteiger partial charge in [-0.05, 0) is 19.9 Å². The summed E-state index contributed by atoms with van der Waals surface area (Å²) in [5.41, 5.74) is -0.259. The maximum atomic E-state index is 9.47. The topological polar surface area (TPSA) is 61.3 Å². The Balaban J connectivity index is 2.50. The van der Waals surface area contributed by atoms with Crippen molar-refractivity contribution in [3.05, 3.63) is 0 Å². The van der Waals surface area contributed by atoms with Crippen LogP contribution < -0.4 is 10.2 Å². The molecule has 1 atom stereocenters. The number of rotatable bonds is 8. The molecule has 0 bridgehead atoms. The summed E-state index contributed by atoms with van der Waals surface area (Å²) in [6.07, 6.45) is 1.06. The maximum Gasteiger partial charge on any atom is 0.208 e. The second kappa shape index (κ2) is 7.28. The number of thioether (sulfide) groups is 1. The van der Waals surface area contributed by atoms with Crippen LogP contribution in [0.2, 0.25) is 0 Å². The first-order valence-electron chi connectivity index (χ1n) is 6.00. The van der Waals surface area contributed by atoms with Crippen molar-refractivity contribution in [3.63, 3.8) is 0 Å². The second-order valence-electron chi connectivity index (χ2n) is 4.68. The summed E-state index contributed by atoms with van der Waals surface area (Å²) in [4.78, 5) is 1.95. The molecule has 1 aromatic rings. The second-order valence-corrected chi connectivity index (χ2v) is 6.86. The molecule has 0 radical (unpaired) electrons. The molecule has 1 heterocycles. The number of aliphatic hydroxyl groups is 1. The first-order valence-corrected chi connectivity index (χ1v) is 7.80. The van der Waals surface area contributed by atoms with Crippen LogP contribution in [0.1, 0.15) is 20.3 Å². The number of nitrogens with one attached hydrogen (secondary N) is 1. The van der Waals surface area contributed by atoms with Crippen molar-refractivity contribution in [1.29, 1.82) is 0 Å². The van der Waals surface area contributed by atoms with E-state index in [9.17, 15) is 5.11 Å². The van der Waals surface area contributed by atoms with Crippen LogP contribution in [0.25, 0.3) is 0 Å². The van der Waals surface area contributed by atoms with E-state index in [0.29, 0.717) is 0 Å². The molecule has 0 aliphatic heterocycles. The first-order chi connectivity index (χ1) is 8.50. The van der Waals surface area contributed by atoms with Crippen molar-refractivity contribution in [2.45, 2.75) is 30.1 Å². The first kappa shape index (κ1) is 15.7. The molecule has 0 aliphatic carbocycles. The van der Waals surface area contributed by atoms with Crippen molar-refractivity contribution in [1.82, 2.24) is 15.5 Å². The van der Waals surface area contributed by atoms with Gasteiger partial charge in [0.1, 0.15) is 0 Å². The Morgan fingerprint density at radius 2 is 2.17 bits per heavy atom. The average molecular weight is 290 g/mol. The van der Waals surface area contributed by atoms with Crippen LogP contribution in [0.15, 0.2) is 4.34 Å². The summed E-state index contributed by atoms with van der Waals surface area (Å²) in [5.74, 6) is 0.783. The minimum atomic E-state index is -0.259. The van der Waals surface area contributed by atoms with Crippen LogP contribution in [0.4, 0.5) is 5.13 Å². The lowest BCUT2D eigenvalue weighted by Crippen LogP contribution is -2.48. The monoisotopic (exact) mass is 290 g/mol. The van der Waals surface area contributed by atoms with E-state index in [-0.39, 0.29) is 12.1 Å². The van der Waals surface area contributed by atoms with Crippen molar-refractivity contribution >= 4 is 28.2 Å². The molecule has 0 aliphatic rings. The smallest absolute Gasteiger partial charge is 0.208 e. The Hall–Kier alpha value is -0.370. The van der Waals surface area contributed by atoms with Gasteiger partial charge in [-0.25, -0.2) is 0 Å². The van der Waals surface area contributed by atoms with Crippen LogP contribution in [0.5, 0.6) is 0 Å². The van der Waals surface area contributed by atoms with Gasteiger partial charge in [-0.2, -0.15) is 0 Å². The average Bonchev–Trinajstić information content (AvgIpc) is 2.83. The van der Waals surface area contributed by atoms with E-state index in [1.165, 1.54) is 0 Å². The van der Waals surface area contributed by atoms with Gasteiger partial charge in [0.25, 0.3) is 0 Å². The lowest BCUT2D eigenvalue weighted by atomic mass is 10.1. The molecule has 0 spiro atoms. The molecule has 2 N–H and O–H groups in total. The zero-order chi connectivity index (χ0) is 13.6. The molecule has 0 saturated heterocycles. The van der Waals surface area contributed by atoms with Crippen LogP contribution in [-0.2, 0) is 0 Å². The normalized spacial score (nSPS) is 14.5. The lowest BCUT2D eigenvalue weighted by molar-refractivity contribution is 0.192. The molecule has 1 unspecified atom stereocenters. The summed E-state index contributed by atoms with van der Waals surface area (Å²) >= 11 is 3.21. The highest BCUT2D eigenvalue weighted by Gasteiger charge is 2.23. The Bertz CT molecular complexity index is 359. The summed E-state index contributed by atoms with van der Waals surface area (Å²) < 4.78 is 0.941. The Morgan fingerprint density at radius 3 is 2.67 bits per heavy atom. The van der Waals surface area contributed by atoms with Crippen molar-refractivity contribution in [2.24, 2.45) is 0 Å². The van der Waals surface area contributed by atoms with Gasteiger partial charge in [0.05, 0.1) is 6.61 Å². The summed E-state index contributed by atoms with van der Waals surface area (Å²) in [5, 5.41) is 22.0. The van der Waals surface area contributed by atoms with Crippen LogP contribution in [0, 0.1) is 0 Å². The van der Waals surface area contributed by atoms with E-state index in [0.717, 1.165) is 28.2 Å². The fourth-order valence-electron chi connectivity index (χ4n) is 1.24. The Labute approximate surface area is 117 Å². The zero-order valence-corrected chi connectivity index (χ0v) is 13.1. The van der Waals surface area contributed by atoms with Gasteiger partial charge in [0.2, 0.25) is 5.13 Å². The summed E-state index contributed by atoms with van der Waals surface area (Å²) in [6.45, 7) is 5.19. The van der Waals surface area contributed by atoms with Crippen LogP contribution in [-0.4, -0.2) is 53.8 Å². The summed E-state index contributed by atoms with van der Waals surface area (Å²) in [6, 6.07) is 0. The van der Waals surface area contributed by atoms with Crippen molar-refractivity contribution < 1.29 is 5.11 Å². The van der Waals surface area contributed by atoms with Gasteiger partial charge >= 0.3 is 0 Å². The van der Waals surface area contributed by atoms with Crippen LogP contribution in [0.3, 0.4) is 0 Å². The van der Waals surface area contributed by atoms with Crippen molar-refractivity contribution in [3.8, 4) is 0 Å². The van der Waals surface area contributed by atoms with Crippen molar-refractivity contribution in [2.75, 3.05) is 37.9 Å². The highest BCUT2D eigenvalue weighted by Crippen LogP contribution is 2.29. The standard InChI is InChI=1S/C11H22N4OS2/c1-5-6-12-11(2,7-16)8-17-10-14-13-9(18-10)15(3)4/h12,16H,5-8H2,1-4H3. The van der Waals surface area contributed by atoms with E-state index in [1.807, 2.05) is 25.9 Å². The number of aromatic nitrogens is 2. The third-order valence-corrected chi connectivity index (χ3v) is 5.04. The molecule has 1 rings (SSSR count). The fraction of sp³-hybridized carbons (Fsp3) is 0.818. The predicted molar refractivity (Wildman–Crippen MR) is 78.7 cm³/mol. The summed E-state index contributed by atoms with van der Waals surface area (Å²) in [7, 11) is 3.91. The molecular formula is C11H22N4OS2. The van der Waals surface area contributed by atoms with Gasteiger partial charge < -0.3 is 15.3 Å². The molecule has 0 aromatic carbocycles. The number of aliphatic hydroxyl groups excluding tert-OH is 1. The van der Waals surface area contributed by atoms with Gasteiger partial charge in [0.15, 0.2) is 4.34 Å². The third kappa shape index (κ3) is 4.72. The fourth-order valence-corrected chi connectivity index (χ4v) is 3.11. The lowest BCUT2D eigenvalue weighted by Gasteiger charge is -2.27. The molecule has 18 heavy (non-hydrogen) atoms. The number of hydrogen-bond donors (Lipinski definition) is 2. The highest BCUT2D eigenvalue weighted by molar-refractivity contribution is 8.01. The molecule has 5 nitrogen and oxygen atoms in total. The Kier molecular flexibility index (Phi) is 6.34. The van der Waals surface area contributed by atoms with Gasteiger partial charge in [0, 0.05) is 25.4 Å². The van der Waals surface area contributed by atoms with E-state index in [1.54, 1.807) is 23.1 Å². The maximum absolute atomic E-state index is 9.47. The molecule has 1 aromatic heterocycles. The number of anilines is 1. The quantitative estimate of drug-likeness (QED) is 0.707. The molecular weight excluding hydrogens is 268 g/mol. The SMILES string of the molecule is CCCNC(C)(CO)CSc1nnc(N(C)C)s1. The van der Waals surface area contributed by atoms with Gasteiger partial charge in [-0.1, -0.05) is 30.0 Å². The zero-order valence-electron chi connectivity index (χ0n) is 11.4.